The Morgan fingerprint density at radius 1 is 0.695 bits per heavy atom. The van der Waals surface area contributed by atoms with E-state index in [1.54, 1.807) is 37.5 Å². The average Bonchev–Trinajstić information content (AvgIpc) is 4.03. The van der Waals surface area contributed by atoms with Gasteiger partial charge in [0.25, 0.3) is 5.91 Å². The van der Waals surface area contributed by atoms with Gasteiger partial charge in [-0.3, -0.25) is 14.5 Å². The van der Waals surface area contributed by atoms with Crippen LogP contribution in [0.1, 0.15) is 98.9 Å². The van der Waals surface area contributed by atoms with Gasteiger partial charge in [-0.25, -0.2) is 19.3 Å². The molecule has 0 radical (unpaired) electrons. The normalized spacial score (nSPS) is 17.2. The third kappa shape index (κ3) is 8.12. The van der Waals surface area contributed by atoms with Gasteiger partial charge >= 0.3 is 6.18 Å². The molecule has 13 nitrogen and oxygen atoms in total. The van der Waals surface area contributed by atoms with Crippen LogP contribution in [0.25, 0.3) is 11.4 Å². The topological polar surface area (TPSA) is 125 Å². The molecule has 8 rings (SSSR count). The van der Waals surface area contributed by atoms with Gasteiger partial charge in [-0.15, -0.1) is 5.10 Å². The Balaban J connectivity index is 0.000000180. The maximum atomic E-state index is 13.2. The van der Waals surface area contributed by atoms with Crippen LogP contribution in [-0.4, -0.2) is 68.8 Å². The molecule has 2 saturated heterocycles. The number of alkyl halides is 3. The second kappa shape index (κ2) is 16.3. The minimum Gasteiger partial charge on any atom is -0.322 e. The summed E-state index contributed by atoms with van der Waals surface area (Å²) in [5.41, 5.74) is 4.02. The number of aromatic nitrogens is 9. The lowest BCUT2D eigenvalue weighted by Crippen LogP contribution is -2.29. The fraction of sp³-hybridized carbons (Fsp3) is 0.390. The van der Waals surface area contributed by atoms with Crippen molar-refractivity contribution < 1.29 is 22.8 Å². The largest absolute Gasteiger partial charge is 0.434 e. The number of carbonyl (C=O) groups is 2. The minimum atomic E-state index is -4.55. The number of nitrogens with zero attached hydrogens (tertiary/aromatic N) is 11. The molecule has 0 spiro atoms. The summed E-state index contributed by atoms with van der Waals surface area (Å²) in [6, 6.07) is 13.7. The summed E-state index contributed by atoms with van der Waals surface area (Å²) in [4.78, 5) is 37.8. The fourth-order valence-corrected chi connectivity index (χ4v) is 8.07. The van der Waals surface area contributed by atoms with Crippen LogP contribution >= 0.6 is 23.2 Å². The number of carbonyl (C=O) groups excluding carboxylic acids is 2. The summed E-state index contributed by atoms with van der Waals surface area (Å²) in [7, 11) is 0. The van der Waals surface area contributed by atoms with E-state index in [1.165, 1.54) is 11.5 Å². The van der Waals surface area contributed by atoms with E-state index >= 15 is 0 Å². The first-order valence-electron chi connectivity index (χ1n) is 19.3. The second-order valence-corrected chi connectivity index (χ2v) is 16.2. The van der Waals surface area contributed by atoms with Crippen LogP contribution in [0.3, 0.4) is 0 Å². The van der Waals surface area contributed by atoms with Crippen molar-refractivity contribution in [3.63, 3.8) is 0 Å². The molecule has 2 aliphatic heterocycles. The van der Waals surface area contributed by atoms with Gasteiger partial charge in [0, 0.05) is 35.5 Å². The SMILES string of the molecule is Cc1cn([C@H]2CCN(c3nnn(-c4ccc(Cl)cc4)c3C(C)C)C2=O)c(C)n1.Cc1nc(C(F)(F)F)cn1[C@H]1CCN(c2cnn(-c3ccc(Cl)cc3)c2C(C)C)C1=O. The van der Waals surface area contributed by atoms with Gasteiger partial charge in [-0.05, 0) is 94.0 Å². The molecule has 4 aromatic heterocycles. The van der Waals surface area contributed by atoms with Crippen LogP contribution in [-0.2, 0) is 15.8 Å². The Labute approximate surface area is 349 Å². The van der Waals surface area contributed by atoms with Crippen molar-refractivity contribution in [3.8, 4) is 11.4 Å². The zero-order valence-corrected chi connectivity index (χ0v) is 35.1. The van der Waals surface area contributed by atoms with E-state index in [-0.39, 0.29) is 35.5 Å². The number of hydrogen-bond acceptors (Lipinski definition) is 7. The van der Waals surface area contributed by atoms with Crippen molar-refractivity contribution in [1.29, 1.82) is 0 Å². The van der Waals surface area contributed by atoms with Gasteiger partial charge in [-0.2, -0.15) is 18.3 Å². The summed E-state index contributed by atoms with van der Waals surface area (Å²) in [5.74, 6) is 1.60. The molecule has 0 unspecified atom stereocenters. The van der Waals surface area contributed by atoms with Crippen molar-refractivity contribution in [2.75, 3.05) is 22.9 Å². The lowest BCUT2D eigenvalue weighted by atomic mass is 10.1. The number of hydrogen-bond donors (Lipinski definition) is 0. The lowest BCUT2D eigenvalue weighted by molar-refractivity contribution is -0.141. The third-order valence-electron chi connectivity index (χ3n) is 10.5. The van der Waals surface area contributed by atoms with Crippen molar-refractivity contribution in [1.82, 2.24) is 43.9 Å². The quantitative estimate of drug-likeness (QED) is 0.150. The zero-order chi connectivity index (χ0) is 42.5. The molecule has 0 N–H and O–H groups in total. The number of halogens is 5. The smallest absolute Gasteiger partial charge is 0.322 e. The molecule has 0 saturated carbocycles. The first-order valence-corrected chi connectivity index (χ1v) is 20.0. The maximum absolute atomic E-state index is 13.2. The number of benzene rings is 2. The predicted molar refractivity (Wildman–Crippen MR) is 219 cm³/mol. The molecular weight excluding hydrogens is 806 g/mol. The Kier molecular flexibility index (Phi) is 11.5. The molecule has 6 aromatic rings. The van der Waals surface area contributed by atoms with Crippen LogP contribution in [0.5, 0.6) is 0 Å². The van der Waals surface area contributed by atoms with Crippen molar-refractivity contribution in [2.45, 2.75) is 91.4 Å². The van der Waals surface area contributed by atoms with E-state index in [2.05, 4.69) is 39.2 Å². The van der Waals surface area contributed by atoms with Crippen LogP contribution in [0.4, 0.5) is 24.7 Å². The molecule has 2 fully saturated rings. The highest BCUT2D eigenvalue weighted by molar-refractivity contribution is 6.30. The van der Waals surface area contributed by atoms with E-state index in [0.29, 0.717) is 41.1 Å². The monoisotopic (exact) mass is 849 g/mol. The molecule has 6 heterocycles. The Morgan fingerprint density at radius 2 is 1.20 bits per heavy atom. The molecule has 0 bridgehead atoms. The third-order valence-corrected chi connectivity index (χ3v) is 11.0. The number of rotatable bonds is 8. The minimum absolute atomic E-state index is 0.0329. The average molecular weight is 851 g/mol. The van der Waals surface area contributed by atoms with Crippen molar-refractivity contribution in [2.24, 2.45) is 0 Å². The lowest BCUT2D eigenvalue weighted by Gasteiger charge is -2.20. The van der Waals surface area contributed by atoms with Gasteiger partial charge < -0.3 is 14.0 Å². The molecule has 18 heteroatoms. The summed E-state index contributed by atoms with van der Waals surface area (Å²) in [5, 5.41) is 14.5. The van der Waals surface area contributed by atoms with E-state index < -0.39 is 17.9 Å². The van der Waals surface area contributed by atoms with Crippen LogP contribution in [0, 0.1) is 20.8 Å². The number of anilines is 2. The highest BCUT2D eigenvalue weighted by atomic mass is 35.5. The molecule has 2 aliphatic rings. The molecular formula is C41H44Cl2F3N11O2. The second-order valence-electron chi connectivity index (χ2n) is 15.3. The van der Waals surface area contributed by atoms with E-state index in [1.807, 2.05) is 74.9 Å². The molecule has 2 amide bonds. The van der Waals surface area contributed by atoms with Gasteiger partial charge in [-0.1, -0.05) is 56.1 Å². The first-order chi connectivity index (χ1) is 27.9. The zero-order valence-electron chi connectivity index (χ0n) is 33.6. The van der Waals surface area contributed by atoms with Gasteiger partial charge in [0.2, 0.25) is 5.91 Å². The van der Waals surface area contributed by atoms with Gasteiger partial charge in [0.15, 0.2) is 11.5 Å². The van der Waals surface area contributed by atoms with E-state index in [0.717, 1.165) is 46.9 Å². The van der Waals surface area contributed by atoms with Crippen LogP contribution in [0.2, 0.25) is 10.0 Å². The van der Waals surface area contributed by atoms with Crippen LogP contribution in [0.15, 0.2) is 67.1 Å². The summed E-state index contributed by atoms with van der Waals surface area (Å²) in [6.07, 6.45) is 1.04. The number of amides is 2. The Hall–Kier alpha value is -5.48. The highest BCUT2D eigenvalue weighted by Crippen LogP contribution is 2.38. The van der Waals surface area contributed by atoms with Crippen LogP contribution < -0.4 is 9.80 Å². The predicted octanol–water partition coefficient (Wildman–Crippen LogP) is 8.99. The first kappa shape index (κ1) is 41.7. The highest BCUT2D eigenvalue weighted by Gasteiger charge is 2.41. The molecule has 0 aliphatic carbocycles. The van der Waals surface area contributed by atoms with E-state index in [4.69, 9.17) is 23.2 Å². The summed E-state index contributed by atoms with van der Waals surface area (Å²) >= 11 is 12.0. The van der Waals surface area contributed by atoms with E-state index in [9.17, 15) is 22.8 Å². The maximum Gasteiger partial charge on any atom is 0.434 e. The number of aryl methyl sites for hydroxylation is 3. The molecule has 59 heavy (non-hydrogen) atoms. The molecule has 2 aromatic carbocycles. The fourth-order valence-electron chi connectivity index (χ4n) is 7.82. The Morgan fingerprint density at radius 3 is 1.71 bits per heavy atom. The standard InChI is InChI=1S/C21H21ClF3N5O.C20H23ClN6O/c1-12(2)19-17(10-26-30(19)15-6-4-14(22)5-7-15)28-9-8-16(20(28)31)29-11-18(21(23,24)25)27-13(29)3;1-12(2)18-19(23-24-27(18)16-7-5-15(21)6-8-16)25-10-9-17(20(25)28)26-11-13(3)22-14(26)4/h4-7,10-12,16H,8-9H2,1-3H3;5-8,11-12,17H,9-10H2,1-4H3/t16-;17-/m00/s1. The van der Waals surface area contributed by atoms with Crippen molar-refractivity contribution >= 4 is 46.5 Å². The Bertz CT molecular complexity index is 2480. The summed E-state index contributed by atoms with van der Waals surface area (Å²) < 4.78 is 46.0. The molecule has 310 valence electrons. The number of imidazole rings is 2. The van der Waals surface area contributed by atoms with Gasteiger partial charge in [0.1, 0.15) is 23.7 Å². The summed E-state index contributed by atoms with van der Waals surface area (Å²) in [6.45, 7) is 14.5. The van der Waals surface area contributed by atoms with Gasteiger partial charge in [0.05, 0.1) is 40.3 Å². The molecule has 2 atom stereocenters. The van der Waals surface area contributed by atoms with Crippen molar-refractivity contribution in [3.05, 3.63) is 112 Å².